The number of ether oxygens (including phenoxy) is 1. The normalized spacial score (nSPS) is 12.3. The van der Waals surface area contributed by atoms with Crippen molar-refractivity contribution in [3.05, 3.63) is 12.2 Å². The molecule has 0 N–H and O–H groups in total. The molecule has 0 radical (unpaired) electrons. The van der Waals surface area contributed by atoms with E-state index in [9.17, 15) is 9.59 Å². The highest BCUT2D eigenvalue weighted by Gasteiger charge is 2.26. The molecule has 1 atom stereocenters. The minimum absolute atomic E-state index is 0.113. The molecule has 3 heteroatoms. The summed E-state index contributed by atoms with van der Waals surface area (Å²) >= 11 is 0. The number of hydrogen-bond donors (Lipinski definition) is 0. The zero-order valence-corrected chi connectivity index (χ0v) is 25.3. The van der Waals surface area contributed by atoms with E-state index in [0.29, 0.717) is 19.4 Å². The van der Waals surface area contributed by atoms with Crippen LogP contribution in [0.3, 0.4) is 0 Å². The summed E-state index contributed by atoms with van der Waals surface area (Å²) in [6, 6.07) is 0. The van der Waals surface area contributed by atoms with Gasteiger partial charge >= 0.3 is 5.97 Å². The Hall–Kier alpha value is -1.12. The molecule has 37 heavy (non-hydrogen) atoms. The lowest BCUT2D eigenvalue weighted by Crippen LogP contribution is -2.26. The van der Waals surface area contributed by atoms with Gasteiger partial charge in [0.25, 0.3) is 0 Å². The predicted octanol–water partition coefficient (Wildman–Crippen LogP) is 11.1. The monoisotopic (exact) mass is 520 g/mol. The van der Waals surface area contributed by atoms with Crippen LogP contribution in [0.1, 0.15) is 181 Å². The molecular weight excluding hydrogens is 456 g/mol. The van der Waals surface area contributed by atoms with Gasteiger partial charge in [0.1, 0.15) is 11.7 Å². The van der Waals surface area contributed by atoms with E-state index in [1.807, 2.05) is 0 Å². The molecule has 0 spiro atoms. The van der Waals surface area contributed by atoms with Gasteiger partial charge in [-0.1, -0.05) is 142 Å². The smallest absolute Gasteiger partial charge is 0.316 e. The van der Waals surface area contributed by atoms with Crippen LogP contribution >= 0.6 is 0 Å². The van der Waals surface area contributed by atoms with Gasteiger partial charge in [-0.3, -0.25) is 9.59 Å². The van der Waals surface area contributed by atoms with Gasteiger partial charge in [-0.05, 0) is 44.9 Å². The van der Waals surface area contributed by atoms with E-state index in [0.717, 1.165) is 44.9 Å². The van der Waals surface area contributed by atoms with Gasteiger partial charge in [-0.2, -0.15) is 0 Å². The van der Waals surface area contributed by atoms with Crippen LogP contribution in [0.15, 0.2) is 12.2 Å². The third kappa shape index (κ3) is 24.9. The van der Waals surface area contributed by atoms with E-state index in [-0.39, 0.29) is 11.8 Å². The van der Waals surface area contributed by atoms with Gasteiger partial charge in [0.2, 0.25) is 0 Å². The molecule has 0 aromatic heterocycles. The Bertz CT molecular complexity index is 525. The molecule has 218 valence electrons. The number of hydrogen-bond acceptors (Lipinski definition) is 3. The Morgan fingerprint density at radius 2 is 0.973 bits per heavy atom. The molecule has 0 aliphatic carbocycles. The first-order chi connectivity index (χ1) is 18.2. The van der Waals surface area contributed by atoms with Crippen LogP contribution in [0.5, 0.6) is 0 Å². The van der Waals surface area contributed by atoms with Crippen molar-refractivity contribution in [2.24, 2.45) is 5.92 Å². The summed E-state index contributed by atoms with van der Waals surface area (Å²) in [5.41, 5.74) is 0. The van der Waals surface area contributed by atoms with Crippen molar-refractivity contribution >= 4 is 11.8 Å². The molecule has 0 heterocycles. The highest BCUT2D eigenvalue weighted by Crippen LogP contribution is 2.19. The molecule has 0 fully saturated rings. The summed E-state index contributed by atoms with van der Waals surface area (Å²) in [5, 5.41) is 0. The largest absolute Gasteiger partial charge is 0.465 e. The second-order valence-corrected chi connectivity index (χ2v) is 11.1. The summed E-state index contributed by atoms with van der Waals surface area (Å²) in [4.78, 5) is 25.6. The second kappa shape index (κ2) is 29.4. The molecule has 0 aromatic rings. The van der Waals surface area contributed by atoms with Crippen LogP contribution in [0.4, 0.5) is 0 Å². The van der Waals surface area contributed by atoms with Crippen LogP contribution < -0.4 is 0 Å². The minimum Gasteiger partial charge on any atom is -0.465 e. The van der Waals surface area contributed by atoms with Crippen LogP contribution in [0.2, 0.25) is 0 Å². The predicted molar refractivity (Wildman–Crippen MR) is 161 cm³/mol. The van der Waals surface area contributed by atoms with E-state index in [1.54, 1.807) is 0 Å². The quantitative estimate of drug-likeness (QED) is 0.0426. The molecule has 0 bridgehead atoms. The first-order valence-electron chi connectivity index (χ1n) is 16.5. The maximum absolute atomic E-state index is 12.9. The van der Waals surface area contributed by atoms with Crippen LogP contribution in [-0.4, -0.2) is 18.4 Å². The van der Waals surface area contributed by atoms with E-state index in [1.165, 1.54) is 103 Å². The molecule has 0 aliphatic rings. The Morgan fingerprint density at radius 3 is 1.51 bits per heavy atom. The molecule has 0 saturated heterocycles. The summed E-state index contributed by atoms with van der Waals surface area (Å²) in [6.07, 6.45) is 33.5. The van der Waals surface area contributed by atoms with Crippen molar-refractivity contribution in [1.82, 2.24) is 0 Å². The number of unbranched alkanes of at least 4 members (excludes halogenated alkanes) is 19. The van der Waals surface area contributed by atoms with Gasteiger partial charge < -0.3 is 4.74 Å². The first-order valence-corrected chi connectivity index (χ1v) is 16.5. The number of carbonyl (C=O) groups excluding carboxylic acids is 2. The number of Topliss-reactive ketones (excluding diaryl/α,β-unsaturated/α-hetero) is 1. The first kappa shape index (κ1) is 35.9. The topological polar surface area (TPSA) is 43.4 Å². The van der Waals surface area contributed by atoms with Gasteiger partial charge in [-0.25, -0.2) is 0 Å². The van der Waals surface area contributed by atoms with Crippen LogP contribution in [0, 0.1) is 5.92 Å². The highest BCUT2D eigenvalue weighted by molar-refractivity contribution is 5.98. The molecule has 3 nitrogen and oxygen atoms in total. The maximum Gasteiger partial charge on any atom is 0.316 e. The molecule has 1 unspecified atom stereocenters. The van der Waals surface area contributed by atoms with Gasteiger partial charge in [0.15, 0.2) is 0 Å². The number of carbonyl (C=O) groups is 2. The van der Waals surface area contributed by atoms with E-state index in [2.05, 4.69) is 32.9 Å². The molecule has 0 aromatic carbocycles. The summed E-state index contributed by atoms with van der Waals surface area (Å²) < 4.78 is 5.58. The fourth-order valence-corrected chi connectivity index (χ4v) is 4.89. The standard InChI is InChI=1S/C34H64O3/c1-4-7-10-13-15-16-17-18-19-20-21-22-24-26-29-32(33(35)30-27-23-12-9-6-3)34(36)37-31-28-25-14-11-8-5-2/h18-19,32H,4-17,20-31H2,1-3H3/b19-18-. The summed E-state index contributed by atoms with van der Waals surface area (Å²) in [6.45, 7) is 7.16. The highest BCUT2D eigenvalue weighted by atomic mass is 16.5. The molecule has 0 saturated carbocycles. The van der Waals surface area contributed by atoms with Crippen LogP contribution in [-0.2, 0) is 14.3 Å². The third-order valence-electron chi connectivity index (χ3n) is 7.45. The zero-order chi connectivity index (χ0) is 27.2. The third-order valence-corrected chi connectivity index (χ3v) is 7.45. The van der Waals surface area contributed by atoms with Crippen molar-refractivity contribution in [2.45, 2.75) is 181 Å². The van der Waals surface area contributed by atoms with E-state index >= 15 is 0 Å². The second-order valence-electron chi connectivity index (χ2n) is 11.1. The fourth-order valence-electron chi connectivity index (χ4n) is 4.89. The number of esters is 1. The van der Waals surface area contributed by atoms with E-state index in [4.69, 9.17) is 4.74 Å². The zero-order valence-electron chi connectivity index (χ0n) is 25.3. The molecule has 0 amide bonds. The SMILES string of the molecule is CCCCCCCC/C=C\CCCCCCC(C(=O)CCCCCCC)C(=O)OCCCCCCCC. The number of ketones is 1. The van der Waals surface area contributed by atoms with Gasteiger partial charge in [-0.15, -0.1) is 0 Å². The Labute approximate surface area is 232 Å². The summed E-state index contributed by atoms with van der Waals surface area (Å²) in [7, 11) is 0. The summed E-state index contributed by atoms with van der Waals surface area (Å²) in [5.74, 6) is -0.685. The van der Waals surface area contributed by atoms with Crippen molar-refractivity contribution in [1.29, 1.82) is 0 Å². The van der Waals surface area contributed by atoms with E-state index < -0.39 is 5.92 Å². The number of allylic oxidation sites excluding steroid dienone is 2. The Balaban J connectivity index is 4.16. The lowest BCUT2D eigenvalue weighted by atomic mass is 9.93. The molecule has 0 aliphatic heterocycles. The molecular formula is C34H64O3. The number of rotatable bonds is 29. The van der Waals surface area contributed by atoms with Crippen molar-refractivity contribution in [3.8, 4) is 0 Å². The lowest BCUT2D eigenvalue weighted by molar-refractivity contribution is -0.152. The van der Waals surface area contributed by atoms with Crippen LogP contribution in [0.25, 0.3) is 0 Å². The average molecular weight is 521 g/mol. The van der Waals surface area contributed by atoms with Crippen molar-refractivity contribution < 1.29 is 14.3 Å². The van der Waals surface area contributed by atoms with Gasteiger partial charge in [0.05, 0.1) is 6.61 Å². The Morgan fingerprint density at radius 1 is 0.541 bits per heavy atom. The van der Waals surface area contributed by atoms with Crippen molar-refractivity contribution in [3.63, 3.8) is 0 Å². The lowest BCUT2D eigenvalue weighted by Gasteiger charge is -2.15. The Kier molecular flexibility index (Phi) is 28.5. The van der Waals surface area contributed by atoms with Crippen molar-refractivity contribution in [2.75, 3.05) is 6.61 Å². The fraction of sp³-hybridized carbons (Fsp3) is 0.882. The molecule has 0 rings (SSSR count). The van der Waals surface area contributed by atoms with Gasteiger partial charge in [0, 0.05) is 6.42 Å². The maximum atomic E-state index is 12.9. The minimum atomic E-state index is -0.538. The average Bonchev–Trinajstić information content (AvgIpc) is 2.90.